The smallest absolute Gasteiger partial charge is 0.228 e. The van der Waals surface area contributed by atoms with E-state index in [0.29, 0.717) is 0 Å². The van der Waals surface area contributed by atoms with Crippen LogP contribution in [0.1, 0.15) is 37.7 Å². The standard InChI is InChI=1S/C21H30N4O2.2ClH/c22-19(26)16-2-1-11-25(14-16)13-15-3-5-17(6-4-15)24-20(27)18-12-21(18)7-9-23-10-8-21;;/h3-6,16,18,23H,1-2,7-14H2,(H2,22,26)(H,24,27);2*1H. The van der Waals surface area contributed by atoms with Gasteiger partial charge < -0.3 is 16.4 Å². The summed E-state index contributed by atoms with van der Waals surface area (Å²) in [4.78, 5) is 26.3. The normalized spacial score (nSPS) is 25.4. The third-order valence-electron chi connectivity index (χ3n) is 6.64. The summed E-state index contributed by atoms with van der Waals surface area (Å²) in [5.41, 5.74) is 7.79. The summed E-state index contributed by atoms with van der Waals surface area (Å²) in [7, 11) is 0. The number of hydrogen-bond donors (Lipinski definition) is 3. The van der Waals surface area contributed by atoms with Crippen molar-refractivity contribution < 1.29 is 9.59 Å². The van der Waals surface area contributed by atoms with E-state index in [1.807, 2.05) is 12.1 Å². The Kier molecular flexibility index (Phi) is 8.35. The molecule has 3 fully saturated rings. The molecule has 2 unspecified atom stereocenters. The highest BCUT2D eigenvalue weighted by atomic mass is 35.5. The number of primary amides is 1. The monoisotopic (exact) mass is 442 g/mol. The molecular formula is C21H32Cl2N4O2. The lowest BCUT2D eigenvalue weighted by molar-refractivity contribution is -0.123. The Morgan fingerprint density at radius 3 is 2.52 bits per heavy atom. The van der Waals surface area contributed by atoms with Crippen LogP contribution in [0.25, 0.3) is 0 Å². The zero-order valence-electron chi connectivity index (χ0n) is 16.7. The van der Waals surface area contributed by atoms with E-state index >= 15 is 0 Å². The van der Waals surface area contributed by atoms with Gasteiger partial charge in [0.05, 0.1) is 5.92 Å². The van der Waals surface area contributed by atoms with Crippen LogP contribution in [0.2, 0.25) is 0 Å². The maximum Gasteiger partial charge on any atom is 0.228 e. The number of nitrogens with one attached hydrogen (secondary N) is 2. The Morgan fingerprint density at radius 1 is 1.17 bits per heavy atom. The van der Waals surface area contributed by atoms with Crippen LogP contribution >= 0.6 is 24.8 Å². The highest BCUT2D eigenvalue weighted by Crippen LogP contribution is 2.58. The van der Waals surface area contributed by atoms with Gasteiger partial charge >= 0.3 is 0 Å². The molecule has 162 valence electrons. The van der Waals surface area contributed by atoms with Gasteiger partial charge in [0, 0.05) is 24.7 Å². The zero-order chi connectivity index (χ0) is 18.9. The minimum absolute atomic E-state index is 0. The summed E-state index contributed by atoms with van der Waals surface area (Å²) in [5, 5.41) is 6.47. The van der Waals surface area contributed by atoms with Gasteiger partial charge in [0.1, 0.15) is 0 Å². The lowest BCUT2D eigenvalue weighted by Crippen LogP contribution is -2.40. The van der Waals surface area contributed by atoms with Gasteiger partial charge in [-0.1, -0.05) is 12.1 Å². The van der Waals surface area contributed by atoms with Crippen molar-refractivity contribution in [3.05, 3.63) is 29.8 Å². The number of nitrogens with zero attached hydrogens (tertiary/aromatic N) is 1. The molecule has 1 aromatic carbocycles. The van der Waals surface area contributed by atoms with Gasteiger partial charge in [0.15, 0.2) is 0 Å². The molecule has 1 saturated carbocycles. The van der Waals surface area contributed by atoms with Crippen molar-refractivity contribution in [2.75, 3.05) is 31.5 Å². The molecule has 2 heterocycles. The predicted molar refractivity (Wildman–Crippen MR) is 119 cm³/mol. The second kappa shape index (κ2) is 10.1. The third-order valence-corrected chi connectivity index (χ3v) is 6.64. The van der Waals surface area contributed by atoms with Gasteiger partial charge in [-0.05, 0) is 74.8 Å². The number of piperidine rings is 2. The molecule has 1 spiro atoms. The number of anilines is 1. The van der Waals surface area contributed by atoms with Crippen molar-refractivity contribution in [2.24, 2.45) is 23.0 Å². The van der Waals surface area contributed by atoms with Gasteiger partial charge in [-0.2, -0.15) is 0 Å². The number of benzene rings is 1. The van der Waals surface area contributed by atoms with E-state index in [4.69, 9.17) is 5.73 Å². The minimum atomic E-state index is -0.190. The Bertz CT molecular complexity index is 707. The predicted octanol–water partition coefficient (Wildman–Crippen LogP) is 2.56. The van der Waals surface area contributed by atoms with Crippen LogP contribution in [-0.2, 0) is 16.1 Å². The molecular weight excluding hydrogens is 411 g/mol. The summed E-state index contributed by atoms with van der Waals surface area (Å²) in [6, 6.07) is 8.10. The van der Waals surface area contributed by atoms with Crippen molar-refractivity contribution in [2.45, 2.75) is 38.6 Å². The van der Waals surface area contributed by atoms with Gasteiger partial charge in [0.25, 0.3) is 0 Å². The lowest BCUT2D eigenvalue weighted by Gasteiger charge is -2.31. The highest BCUT2D eigenvalue weighted by molar-refractivity contribution is 5.95. The first-order valence-corrected chi connectivity index (χ1v) is 10.2. The van der Waals surface area contributed by atoms with Crippen LogP contribution < -0.4 is 16.4 Å². The molecule has 2 saturated heterocycles. The number of nitrogens with two attached hydrogens (primary N) is 1. The van der Waals surface area contributed by atoms with Gasteiger partial charge in [-0.3, -0.25) is 14.5 Å². The summed E-state index contributed by atoms with van der Waals surface area (Å²) < 4.78 is 0. The molecule has 6 nitrogen and oxygen atoms in total. The van der Waals surface area contributed by atoms with Crippen molar-refractivity contribution in [3.8, 4) is 0 Å². The average Bonchev–Trinajstić information content (AvgIpc) is 3.37. The van der Waals surface area contributed by atoms with Crippen LogP contribution in [0.5, 0.6) is 0 Å². The topological polar surface area (TPSA) is 87.5 Å². The average molecular weight is 443 g/mol. The molecule has 0 aromatic heterocycles. The fraction of sp³-hybridized carbons (Fsp3) is 0.619. The molecule has 2 amide bonds. The number of amides is 2. The highest BCUT2D eigenvalue weighted by Gasteiger charge is 2.57. The molecule has 4 rings (SSSR count). The number of carbonyl (C=O) groups excluding carboxylic acids is 2. The Hall–Kier alpha value is -1.34. The molecule has 0 radical (unpaired) electrons. The van der Waals surface area contributed by atoms with E-state index in [1.54, 1.807) is 0 Å². The summed E-state index contributed by atoms with van der Waals surface area (Å²) >= 11 is 0. The third kappa shape index (κ3) is 5.63. The van der Waals surface area contributed by atoms with Crippen molar-refractivity contribution in [3.63, 3.8) is 0 Å². The SMILES string of the molecule is Cl.Cl.NC(=O)C1CCCN(Cc2ccc(NC(=O)C3CC34CCNCC4)cc2)C1. The molecule has 0 bridgehead atoms. The number of rotatable bonds is 5. The first-order valence-electron chi connectivity index (χ1n) is 10.2. The quantitative estimate of drug-likeness (QED) is 0.653. The molecule has 8 heteroatoms. The zero-order valence-corrected chi connectivity index (χ0v) is 18.3. The molecule has 1 aliphatic carbocycles. The van der Waals surface area contributed by atoms with E-state index in [1.165, 1.54) is 5.56 Å². The minimum Gasteiger partial charge on any atom is -0.369 e. The maximum absolute atomic E-state index is 12.6. The Morgan fingerprint density at radius 2 is 1.86 bits per heavy atom. The van der Waals surface area contributed by atoms with Crippen LogP contribution in [0.4, 0.5) is 5.69 Å². The first-order chi connectivity index (χ1) is 13.1. The van der Waals surface area contributed by atoms with Crippen molar-refractivity contribution in [1.29, 1.82) is 0 Å². The number of hydrogen-bond acceptors (Lipinski definition) is 4. The van der Waals surface area contributed by atoms with Crippen molar-refractivity contribution >= 4 is 42.3 Å². The fourth-order valence-corrected chi connectivity index (χ4v) is 4.81. The second-order valence-electron chi connectivity index (χ2n) is 8.53. The van der Waals surface area contributed by atoms with Crippen LogP contribution in [-0.4, -0.2) is 42.9 Å². The van der Waals surface area contributed by atoms with Crippen LogP contribution in [0.15, 0.2) is 24.3 Å². The van der Waals surface area contributed by atoms with Crippen LogP contribution in [0.3, 0.4) is 0 Å². The molecule has 2 aliphatic heterocycles. The van der Waals surface area contributed by atoms with E-state index in [-0.39, 0.29) is 53.9 Å². The number of carbonyl (C=O) groups is 2. The van der Waals surface area contributed by atoms with E-state index in [9.17, 15) is 9.59 Å². The summed E-state index contributed by atoms with van der Waals surface area (Å²) in [6.45, 7) is 4.63. The summed E-state index contributed by atoms with van der Waals surface area (Å²) in [6.07, 6.45) is 5.18. The van der Waals surface area contributed by atoms with Gasteiger partial charge in [-0.15, -0.1) is 24.8 Å². The molecule has 4 N–H and O–H groups in total. The fourth-order valence-electron chi connectivity index (χ4n) is 4.81. The van der Waals surface area contributed by atoms with Gasteiger partial charge in [0.2, 0.25) is 11.8 Å². The Balaban J connectivity index is 0.00000150. The number of halogens is 2. The summed E-state index contributed by atoms with van der Waals surface area (Å²) in [5.74, 6) is 0.130. The molecule has 1 aromatic rings. The van der Waals surface area contributed by atoms with Gasteiger partial charge in [-0.25, -0.2) is 0 Å². The molecule has 29 heavy (non-hydrogen) atoms. The Labute approximate surface area is 185 Å². The van der Waals surface area contributed by atoms with Crippen molar-refractivity contribution in [1.82, 2.24) is 10.2 Å². The molecule has 2 atom stereocenters. The van der Waals surface area contributed by atoms with Crippen LogP contribution in [0, 0.1) is 17.3 Å². The van der Waals surface area contributed by atoms with E-state index in [0.717, 1.165) is 70.5 Å². The first kappa shape index (κ1) is 23.9. The number of likely N-dealkylation sites (tertiary alicyclic amines) is 1. The lowest BCUT2D eigenvalue weighted by atomic mass is 9.92. The van der Waals surface area contributed by atoms with E-state index < -0.39 is 0 Å². The second-order valence-corrected chi connectivity index (χ2v) is 8.53. The maximum atomic E-state index is 12.6. The molecule has 3 aliphatic rings. The van der Waals surface area contributed by atoms with E-state index in [2.05, 4.69) is 27.7 Å². The largest absolute Gasteiger partial charge is 0.369 e.